The summed E-state index contributed by atoms with van der Waals surface area (Å²) >= 11 is 0. The van der Waals surface area contributed by atoms with Crippen molar-refractivity contribution in [2.75, 3.05) is 0 Å². The highest BCUT2D eigenvalue weighted by molar-refractivity contribution is 6.23. The van der Waals surface area contributed by atoms with Crippen LogP contribution in [0, 0.1) is 6.57 Å². The van der Waals surface area contributed by atoms with Gasteiger partial charge in [0, 0.05) is 39.3 Å². The Morgan fingerprint density at radius 3 is 1.80 bits per heavy atom. The maximum absolute atomic E-state index is 7.45. The van der Waals surface area contributed by atoms with Crippen molar-refractivity contribution in [3.8, 4) is 67.5 Å². The topological polar surface area (TPSA) is 55.9 Å². The Hall–Kier alpha value is -7.81. The molecule has 0 atom stereocenters. The molecular formula is C54H35N5. The highest BCUT2D eigenvalue weighted by Crippen LogP contribution is 2.49. The zero-order chi connectivity index (χ0) is 39.7. The number of nitrogens with zero attached hydrogens (tertiary/aromatic N) is 5. The highest BCUT2D eigenvalue weighted by atomic mass is 15.0. The van der Waals surface area contributed by atoms with E-state index in [0.717, 1.165) is 71.4 Å². The first-order chi connectivity index (χ1) is 28.9. The quantitative estimate of drug-likeness (QED) is 0.130. The summed E-state index contributed by atoms with van der Waals surface area (Å²) in [4.78, 5) is 24.0. The minimum atomic E-state index is -0.150. The Bertz CT molecular complexity index is 3360. The maximum atomic E-state index is 7.45. The van der Waals surface area contributed by atoms with Crippen molar-refractivity contribution in [3.63, 3.8) is 0 Å². The predicted molar refractivity (Wildman–Crippen MR) is 241 cm³/mol. The van der Waals surface area contributed by atoms with Crippen LogP contribution in [0.25, 0.3) is 105 Å². The maximum Gasteiger partial charge on any atom is 0.187 e. The monoisotopic (exact) mass is 753 g/mol. The molecule has 59 heavy (non-hydrogen) atoms. The fourth-order valence-corrected chi connectivity index (χ4v) is 9.02. The number of benzene rings is 8. The Labute approximate surface area is 342 Å². The minimum absolute atomic E-state index is 0.150. The van der Waals surface area contributed by atoms with E-state index in [1.165, 1.54) is 22.3 Å². The zero-order valence-electron chi connectivity index (χ0n) is 32.5. The van der Waals surface area contributed by atoms with Crippen molar-refractivity contribution in [2.24, 2.45) is 0 Å². The van der Waals surface area contributed by atoms with E-state index < -0.39 is 0 Å². The van der Waals surface area contributed by atoms with Crippen LogP contribution in [-0.2, 0) is 5.41 Å². The second kappa shape index (κ2) is 13.4. The summed E-state index contributed by atoms with van der Waals surface area (Å²) in [5, 5.41) is 5.67. The van der Waals surface area contributed by atoms with Gasteiger partial charge in [0.1, 0.15) is 0 Å². The Morgan fingerprint density at radius 2 is 1.00 bits per heavy atom. The van der Waals surface area contributed by atoms with E-state index in [2.05, 4.69) is 128 Å². The van der Waals surface area contributed by atoms with Gasteiger partial charge in [-0.3, -0.25) is 4.98 Å². The van der Waals surface area contributed by atoms with Crippen molar-refractivity contribution in [1.29, 1.82) is 0 Å². The molecule has 0 amide bonds. The fraction of sp³-hybridized carbons (Fsp3) is 0.0556. The number of hydrogen-bond acceptors (Lipinski definition) is 4. The van der Waals surface area contributed by atoms with Crippen molar-refractivity contribution in [3.05, 3.63) is 199 Å². The van der Waals surface area contributed by atoms with Crippen LogP contribution >= 0.6 is 0 Å². The number of aromatic nitrogens is 4. The van der Waals surface area contributed by atoms with Gasteiger partial charge in [-0.2, -0.15) is 0 Å². The average molecular weight is 754 g/mol. The van der Waals surface area contributed by atoms with E-state index in [1.54, 1.807) is 0 Å². The van der Waals surface area contributed by atoms with Crippen LogP contribution in [0.3, 0.4) is 0 Å². The van der Waals surface area contributed by atoms with E-state index in [-0.39, 0.29) is 5.41 Å². The molecule has 0 spiro atoms. The second-order valence-electron chi connectivity index (χ2n) is 15.7. The lowest BCUT2D eigenvalue weighted by Gasteiger charge is -2.21. The summed E-state index contributed by atoms with van der Waals surface area (Å²) in [6.07, 6.45) is 1.87. The van der Waals surface area contributed by atoms with Gasteiger partial charge in [-0.1, -0.05) is 153 Å². The SMILES string of the molecule is [C-]#[N+]c1ccc(-c2cc3c4cccnc4c(-c4cccc(-c5nc(-c6ccccc6)nc(-c6ccc7c(c6)C(C)(C)c6ccccc6-7)n5)c4)cc3c3ccccc23)cc1. The summed E-state index contributed by atoms with van der Waals surface area (Å²) < 4.78 is 0. The molecule has 0 aliphatic heterocycles. The number of pyridine rings is 1. The smallest absolute Gasteiger partial charge is 0.187 e. The molecule has 2 heterocycles. The third kappa shape index (κ3) is 5.61. The summed E-state index contributed by atoms with van der Waals surface area (Å²) in [6.45, 7) is 12.0. The van der Waals surface area contributed by atoms with Crippen molar-refractivity contribution in [1.82, 2.24) is 19.9 Å². The van der Waals surface area contributed by atoms with Gasteiger partial charge in [0.25, 0.3) is 0 Å². The molecular weight excluding hydrogens is 719 g/mol. The molecule has 11 rings (SSSR count). The standard InChI is InChI=1S/C54H35N5/c1-54(2)48-21-10-9-19-41(48)42-27-24-37(30-49(42)54)53-58-51(34-13-5-4-6-14-34)57-52(59-53)36-16-11-15-35(29-36)45-32-46-40-18-8-7-17-39(40)44(33-22-25-38(55-3)26-23-33)31-47(46)43-20-12-28-56-50(43)45/h4-32H,1-2H3. The first kappa shape index (κ1) is 34.4. The van der Waals surface area contributed by atoms with Gasteiger partial charge in [-0.05, 0) is 90.8 Å². The first-order valence-corrected chi connectivity index (χ1v) is 19.8. The van der Waals surface area contributed by atoms with Gasteiger partial charge in [0.2, 0.25) is 0 Å². The van der Waals surface area contributed by atoms with E-state index in [0.29, 0.717) is 23.2 Å². The van der Waals surface area contributed by atoms with Crippen LogP contribution in [0.4, 0.5) is 5.69 Å². The number of fused-ring (bicyclic) bond motifs is 8. The third-order valence-corrected chi connectivity index (χ3v) is 12.0. The molecule has 2 aromatic heterocycles. The van der Waals surface area contributed by atoms with E-state index in [1.807, 2.05) is 66.9 Å². The van der Waals surface area contributed by atoms with Crippen molar-refractivity contribution in [2.45, 2.75) is 19.3 Å². The molecule has 1 aliphatic carbocycles. The largest absolute Gasteiger partial charge is 0.256 e. The van der Waals surface area contributed by atoms with Gasteiger partial charge in [0.15, 0.2) is 23.2 Å². The van der Waals surface area contributed by atoms with Gasteiger partial charge >= 0.3 is 0 Å². The minimum Gasteiger partial charge on any atom is -0.256 e. The van der Waals surface area contributed by atoms with Gasteiger partial charge in [-0.25, -0.2) is 19.8 Å². The third-order valence-electron chi connectivity index (χ3n) is 12.0. The molecule has 0 N–H and O–H groups in total. The zero-order valence-corrected chi connectivity index (χ0v) is 32.5. The van der Waals surface area contributed by atoms with Gasteiger partial charge in [-0.15, -0.1) is 0 Å². The van der Waals surface area contributed by atoms with Crippen LogP contribution in [0.5, 0.6) is 0 Å². The lowest BCUT2D eigenvalue weighted by atomic mass is 9.82. The Morgan fingerprint density at radius 1 is 0.407 bits per heavy atom. The first-order valence-electron chi connectivity index (χ1n) is 19.8. The molecule has 0 saturated heterocycles. The summed E-state index contributed by atoms with van der Waals surface area (Å²) in [5.74, 6) is 1.87. The van der Waals surface area contributed by atoms with Crippen LogP contribution in [-0.4, -0.2) is 19.9 Å². The lowest BCUT2D eigenvalue weighted by molar-refractivity contribution is 0.660. The summed E-state index contributed by atoms with van der Waals surface area (Å²) in [5.41, 5.74) is 13.6. The van der Waals surface area contributed by atoms with Gasteiger partial charge in [0.05, 0.1) is 12.1 Å². The van der Waals surface area contributed by atoms with Crippen LogP contribution in [0.15, 0.2) is 176 Å². The molecule has 0 unspecified atom stereocenters. The molecule has 5 heteroatoms. The van der Waals surface area contributed by atoms with E-state index >= 15 is 0 Å². The van der Waals surface area contributed by atoms with Crippen LogP contribution < -0.4 is 0 Å². The molecule has 8 aromatic carbocycles. The molecule has 0 bridgehead atoms. The van der Waals surface area contributed by atoms with E-state index in [9.17, 15) is 0 Å². The fourth-order valence-electron chi connectivity index (χ4n) is 9.02. The van der Waals surface area contributed by atoms with Crippen LogP contribution in [0.1, 0.15) is 25.0 Å². The Kier molecular flexibility index (Phi) is 7.82. The second-order valence-corrected chi connectivity index (χ2v) is 15.7. The normalized spacial score (nSPS) is 12.7. The van der Waals surface area contributed by atoms with Crippen LogP contribution in [0.2, 0.25) is 0 Å². The molecule has 276 valence electrons. The molecule has 1 aliphatic rings. The Balaban J connectivity index is 1.08. The lowest BCUT2D eigenvalue weighted by Crippen LogP contribution is -2.15. The van der Waals surface area contributed by atoms with E-state index in [4.69, 9.17) is 26.5 Å². The highest BCUT2D eigenvalue weighted by Gasteiger charge is 2.35. The molecule has 10 aromatic rings. The summed E-state index contributed by atoms with van der Waals surface area (Å²) in [6, 6.07) is 59.2. The van der Waals surface area contributed by atoms with Crippen molar-refractivity contribution >= 4 is 38.1 Å². The molecule has 0 saturated carbocycles. The predicted octanol–water partition coefficient (Wildman–Crippen LogP) is 13.9. The van der Waals surface area contributed by atoms with Crippen molar-refractivity contribution < 1.29 is 0 Å². The molecule has 0 radical (unpaired) electrons. The number of hydrogen-bond donors (Lipinski definition) is 0. The average Bonchev–Trinajstić information content (AvgIpc) is 3.53. The molecule has 5 nitrogen and oxygen atoms in total. The summed E-state index contributed by atoms with van der Waals surface area (Å²) in [7, 11) is 0. The molecule has 0 fully saturated rings. The van der Waals surface area contributed by atoms with Gasteiger partial charge < -0.3 is 0 Å². The number of rotatable bonds is 5.